The van der Waals surface area contributed by atoms with Gasteiger partial charge in [0.15, 0.2) is 0 Å². The molecule has 0 spiro atoms. The lowest BCUT2D eigenvalue weighted by atomic mass is 10.2. The Balaban J connectivity index is 2.31. The second kappa shape index (κ2) is 6.49. The smallest absolute Gasteiger partial charge is 0.253 e. The first-order valence-electron chi connectivity index (χ1n) is 5.10. The summed E-state index contributed by atoms with van der Waals surface area (Å²) in [5.74, 6) is -0.811. The number of hydrogen-bond acceptors (Lipinski definition) is 4. The Kier molecular flexibility index (Phi) is 4.96. The summed E-state index contributed by atoms with van der Waals surface area (Å²) in [6.45, 7) is 0.366. The fourth-order valence-corrected chi connectivity index (χ4v) is 1.21. The summed E-state index contributed by atoms with van der Waals surface area (Å²) in [6, 6.07) is 6.77. The first-order valence-corrected chi connectivity index (χ1v) is 5.10. The van der Waals surface area contributed by atoms with E-state index in [0.29, 0.717) is 17.8 Å². The number of carbonyl (C=O) groups excluding carboxylic acids is 2. The summed E-state index contributed by atoms with van der Waals surface area (Å²) in [6.07, 6.45) is 0. The number of rotatable bonds is 6. The van der Waals surface area contributed by atoms with Gasteiger partial charge in [0.2, 0.25) is 5.91 Å². The van der Waals surface area contributed by atoms with Gasteiger partial charge in [0.05, 0.1) is 12.2 Å². The molecular formula is C11H15N3O3. The first kappa shape index (κ1) is 13.0. The van der Waals surface area contributed by atoms with Crippen LogP contribution in [-0.4, -0.2) is 31.6 Å². The minimum absolute atomic E-state index is 0.149. The van der Waals surface area contributed by atoms with E-state index in [-0.39, 0.29) is 19.1 Å². The SMILES string of the molecule is NC(=O)COCCNC(=O)c1ccccc1N. The number of nitrogens with one attached hydrogen (secondary N) is 1. The van der Waals surface area contributed by atoms with Crippen molar-refractivity contribution in [1.82, 2.24) is 5.32 Å². The zero-order chi connectivity index (χ0) is 12.7. The topological polar surface area (TPSA) is 107 Å². The lowest BCUT2D eigenvalue weighted by molar-refractivity contribution is -0.122. The van der Waals surface area contributed by atoms with E-state index in [9.17, 15) is 9.59 Å². The van der Waals surface area contributed by atoms with Crippen LogP contribution >= 0.6 is 0 Å². The van der Waals surface area contributed by atoms with Gasteiger partial charge < -0.3 is 21.5 Å². The maximum atomic E-state index is 11.6. The van der Waals surface area contributed by atoms with Crippen LogP contribution in [0.25, 0.3) is 0 Å². The second-order valence-electron chi connectivity index (χ2n) is 3.36. The summed E-state index contributed by atoms with van der Waals surface area (Å²) < 4.78 is 4.89. The van der Waals surface area contributed by atoms with E-state index in [1.165, 1.54) is 0 Å². The Hall–Kier alpha value is -2.08. The van der Waals surface area contributed by atoms with Crippen LogP contribution in [0, 0.1) is 0 Å². The van der Waals surface area contributed by atoms with Crippen LogP contribution in [0.3, 0.4) is 0 Å². The van der Waals surface area contributed by atoms with Gasteiger partial charge in [-0.05, 0) is 12.1 Å². The number of benzene rings is 1. The van der Waals surface area contributed by atoms with Crippen LogP contribution in [0.15, 0.2) is 24.3 Å². The summed E-state index contributed by atoms with van der Waals surface area (Å²) in [7, 11) is 0. The van der Waals surface area contributed by atoms with Crippen LogP contribution in [0.5, 0.6) is 0 Å². The van der Waals surface area contributed by atoms with E-state index in [4.69, 9.17) is 16.2 Å². The Morgan fingerprint density at radius 3 is 2.65 bits per heavy atom. The summed E-state index contributed by atoms with van der Waals surface area (Å²) in [5, 5.41) is 2.62. The van der Waals surface area contributed by atoms with Crippen LogP contribution in [-0.2, 0) is 9.53 Å². The molecule has 0 unspecified atom stereocenters. The van der Waals surface area contributed by atoms with Crippen molar-refractivity contribution in [3.05, 3.63) is 29.8 Å². The second-order valence-corrected chi connectivity index (χ2v) is 3.36. The molecule has 0 saturated carbocycles. The number of nitrogens with two attached hydrogens (primary N) is 2. The highest BCUT2D eigenvalue weighted by Crippen LogP contribution is 2.09. The summed E-state index contributed by atoms with van der Waals surface area (Å²) in [5.41, 5.74) is 11.4. The minimum Gasteiger partial charge on any atom is -0.398 e. The average molecular weight is 237 g/mol. The molecule has 6 heteroatoms. The summed E-state index contributed by atoms with van der Waals surface area (Å²) in [4.78, 5) is 22.0. The Labute approximate surface area is 98.9 Å². The van der Waals surface area contributed by atoms with Crippen molar-refractivity contribution in [1.29, 1.82) is 0 Å². The number of amides is 2. The Morgan fingerprint density at radius 1 is 1.29 bits per heavy atom. The molecule has 2 amide bonds. The number of hydrogen-bond donors (Lipinski definition) is 3. The number of primary amides is 1. The summed E-state index contributed by atoms with van der Waals surface area (Å²) >= 11 is 0. The highest BCUT2D eigenvalue weighted by Gasteiger charge is 2.07. The predicted molar refractivity (Wildman–Crippen MR) is 63.2 cm³/mol. The number of para-hydroxylation sites is 1. The van der Waals surface area contributed by atoms with Gasteiger partial charge in [0.1, 0.15) is 6.61 Å². The van der Waals surface area contributed by atoms with E-state index in [2.05, 4.69) is 5.32 Å². The van der Waals surface area contributed by atoms with E-state index in [0.717, 1.165) is 0 Å². The molecule has 0 heterocycles. The van der Waals surface area contributed by atoms with Gasteiger partial charge in [0.25, 0.3) is 5.91 Å². The normalized spacial score (nSPS) is 9.88. The first-order chi connectivity index (χ1) is 8.11. The van der Waals surface area contributed by atoms with Crippen LogP contribution in [0.4, 0.5) is 5.69 Å². The van der Waals surface area contributed by atoms with Gasteiger partial charge in [-0.2, -0.15) is 0 Å². The molecule has 17 heavy (non-hydrogen) atoms. The molecule has 0 fully saturated rings. The van der Waals surface area contributed by atoms with Gasteiger partial charge in [-0.25, -0.2) is 0 Å². The predicted octanol–water partition coefficient (Wildman–Crippen LogP) is -0.499. The zero-order valence-electron chi connectivity index (χ0n) is 9.31. The molecule has 0 radical (unpaired) electrons. The molecule has 0 aliphatic rings. The molecule has 1 rings (SSSR count). The molecule has 0 aromatic heterocycles. The van der Waals surface area contributed by atoms with Crippen LogP contribution in [0.2, 0.25) is 0 Å². The third kappa shape index (κ3) is 4.52. The molecule has 0 bridgehead atoms. The van der Waals surface area contributed by atoms with Crippen molar-refractivity contribution in [3.8, 4) is 0 Å². The van der Waals surface area contributed by atoms with Crippen molar-refractivity contribution in [2.24, 2.45) is 5.73 Å². The van der Waals surface area contributed by atoms with Crippen molar-refractivity contribution in [3.63, 3.8) is 0 Å². The van der Waals surface area contributed by atoms with E-state index in [1.807, 2.05) is 0 Å². The number of anilines is 1. The molecule has 1 aromatic carbocycles. The van der Waals surface area contributed by atoms with Gasteiger partial charge in [-0.1, -0.05) is 12.1 Å². The van der Waals surface area contributed by atoms with Crippen molar-refractivity contribution in [2.75, 3.05) is 25.5 Å². The quantitative estimate of drug-likeness (QED) is 0.458. The van der Waals surface area contributed by atoms with Crippen LogP contribution in [0.1, 0.15) is 10.4 Å². The maximum absolute atomic E-state index is 11.6. The molecule has 92 valence electrons. The molecule has 0 saturated heterocycles. The third-order valence-corrected chi connectivity index (χ3v) is 1.98. The highest BCUT2D eigenvalue weighted by molar-refractivity contribution is 5.99. The fraction of sp³-hybridized carbons (Fsp3) is 0.273. The monoisotopic (exact) mass is 237 g/mol. The Bertz CT molecular complexity index is 407. The molecule has 5 N–H and O–H groups in total. The molecule has 6 nitrogen and oxygen atoms in total. The van der Waals surface area contributed by atoms with E-state index in [1.54, 1.807) is 24.3 Å². The van der Waals surface area contributed by atoms with Crippen molar-refractivity contribution >= 4 is 17.5 Å². The van der Waals surface area contributed by atoms with Gasteiger partial charge in [-0.3, -0.25) is 9.59 Å². The standard InChI is InChI=1S/C11H15N3O3/c12-9-4-2-1-3-8(9)11(16)14-5-6-17-7-10(13)15/h1-4H,5-7,12H2,(H2,13,15)(H,14,16). The molecule has 0 atom stereocenters. The van der Waals surface area contributed by atoms with Crippen LogP contribution < -0.4 is 16.8 Å². The van der Waals surface area contributed by atoms with Crippen molar-refractivity contribution in [2.45, 2.75) is 0 Å². The number of ether oxygens (including phenoxy) is 1. The lowest BCUT2D eigenvalue weighted by Crippen LogP contribution is -2.29. The molecule has 1 aromatic rings. The number of nitrogen functional groups attached to an aromatic ring is 1. The van der Waals surface area contributed by atoms with E-state index >= 15 is 0 Å². The lowest BCUT2D eigenvalue weighted by Gasteiger charge is -2.07. The van der Waals surface area contributed by atoms with Gasteiger partial charge >= 0.3 is 0 Å². The average Bonchev–Trinajstić information content (AvgIpc) is 2.28. The molecule has 0 aliphatic heterocycles. The number of carbonyl (C=O) groups is 2. The Morgan fingerprint density at radius 2 is 2.00 bits per heavy atom. The largest absolute Gasteiger partial charge is 0.398 e. The maximum Gasteiger partial charge on any atom is 0.253 e. The van der Waals surface area contributed by atoms with Gasteiger partial charge in [0, 0.05) is 12.2 Å². The minimum atomic E-state index is -0.538. The molecular weight excluding hydrogens is 222 g/mol. The highest BCUT2D eigenvalue weighted by atomic mass is 16.5. The van der Waals surface area contributed by atoms with Crippen molar-refractivity contribution < 1.29 is 14.3 Å². The fourth-order valence-electron chi connectivity index (χ4n) is 1.21. The zero-order valence-corrected chi connectivity index (χ0v) is 9.31. The van der Waals surface area contributed by atoms with E-state index < -0.39 is 5.91 Å². The molecule has 0 aliphatic carbocycles. The van der Waals surface area contributed by atoms with Gasteiger partial charge in [-0.15, -0.1) is 0 Å². The third-order valence-electron chi connectivity index (χ3n) is 1.98.